The molecule has 0 radical (unpaired) electrons. The summed E-state index contributed by atoms with van der Waals surface area (Å²) in [4.78, 5) is 14.5. The third kappa shape index (κ3) is 4.12. The Morgan fingerprint density at radius 2 is 1.75 bits per heavy atom. The molecule has 1 aliphatic heterocycles. The van der Waals surface area contributed by atoms with Crippen LogP contribution in [0.1, 0.15) is 10.9 Å². The number of hydrogen-bond donors (Lipinski definition) is 1. The van der Waals surface area contributed by atoms with E-state index < -0.39 is 5.82 Å². The number of benzene rings is 3. The Labute approximate surface area is 167 Å². The van der Waals surface area contributed by atoms with E-state index in [1.807, 2.05) is 54.6 Å². The van der Waals surface area contributed by atoms with Crippen molar-refractivity contribution >= 4 is 23.5 Å². The molecule has 1 fully saturated rings. The normalized spacial score (nSPS) is 16.0. The number of hydrogen-bond acceptors (Lipinski definition) is 3. The van der Waals surface area contributed by atoms with Crippen molar-refractivity contribution in [2.24, 2.45) is 0 Å². The summed E-state index contributed by atoms with van der Waals surface area (Å²) in [5.74, 6) is 1.84. The number of halogens is 1. The summed E-state index contributed by atoms with van der Waals surface area (Å²) >= 11 is 1.68. The van der Waals surface area contributed by atoms with Crippen molar-refractivity contribution in [3.8, 4) is 11.5 Å². The van der Waals surface area contributed by atoms with Gasteiger partial charge in [-0.15, -0.1) is 11.8 Å². The van der Waals surface area contributed by atoms with Crippen LogP contribution in [0.25, 0.3) is 0 Å². The van der Waals surface area contributed by atoms with Gasteiger partial charge in [-0.25, -0.2) is 9.18 Å². The molecule has 3 aromatic rings. The zero-order valence-corrected chi connectivity index (χ0v) is 15.9. The van der Waals surface area contributed by atoms with E-state index >= 15 is 0 Å². The summed E-state index contributed by atoms with van der Waals surface area (Å²) in [6.45, 7) is 0.597. The van der Waals surface area contributed by atoms with Crippen LogP contribution in [-0.2, 0) is 0 Å². The number of carbonyl (C=O) groups excluding carboxylic acids is 1. The first-order valence-electron chi connectivity index (χ1n) is 8.97. The highest BCUT2D eigenvalue weighted by Gasteiger charge is 2.31. The number of amides is 2. The van der Waals surface area contributed by atoms with Crippen molar-refractivity contribution < 1.29 is 13.9 Å². The van der Waals surface area contributed by atoms with E-state index in [0.29, 0.717) is 12.3 Å². The van der Waals surface area contributed by atoms with E-state index in [1.165, 1.54) is 6.07 Å². The fourth-order valence-electron chi connectivity index (χ4n) is 3.06. The Hall–Kier alpha value is -2.99. The van der Waals surface area contributed by atoms with Crippen molar-refractivity contribution in [3.05, 3.63) is 90.2 Å². The highest BCUT2D eigenvalue weighted by atomic mass is 32.2. The highest BCUT2D eigenvalue weighted by molar-refractivity contribution is 7.99. The maximum atomic E-state index is 13.9. The molecule has 1 atom stereocenters. The van der Waals surface area contributed by atoms with Gasteiger partial charge in [0.2, 0.25) is 0 Å². The zero-order chi connectivity index (χ0) is 19.3. The van der Waals surface area contributed by atoms with E-state index in [0.717, 1.165) is 17.1 Å². The summed E-state index contributed by atoms with van der Waals surface area (Å²) in [6, 6.07) is 23.1. The molecular weight excluding hydrogens is 375 g/mol. The summed E-state index contributed by atoms with van der Waals surface area (Å²) in [5, 5.41) is 2.53. The van der Waals surface area contributed by atoms with Gasteiger partial charge in [-0.05, 0) is 42.0 Å². The second-order valence-corrected chi connectivity index (χ2v) is 7.50. The van der Waals surface area contributed by atoms with Crippen LogP contribution in [0.3, 0.4) is 0 Å². The van der Waals surface area contributed by atoms with Gasteiger partial charge in [-0.3, -0.25) is 0 Å². The molecule has 142 valence electrons. The number of ether oxygens (including phenoxy) is 1. The number of urea groups is 1. The standard InChI is InChI=1S/C22H19FN2O2S/c23-19-11-4-5-12-20(19)24-22(26)25-13-14-28-21(25)16-7-6-10-18(15-16)27-17-8-2-1-3-9-17/h1-12,15,21H,13-14H2,(H,24,26). The molecule has 6 heteroatoms. The molecule has 1 N–H and O–H groups in total. The lowest BCUT2D eigenvalue weighted by molar-refractivity contribution is 0.214. The van der Waals surface area contributed by atoms with Crippen molar-refractivity contribution in [1.82, 2.24) is 4.90 Å². The largest absolute Gasteiger partial charge is 0.457 e. The average molecular weight is 394 g/mol. The van der Waals surface area contributed by atoms with Gasteiger partial charge in [0, 0.05) is 12.3 Å². The molecule has 28 heavy (non-hydrogen) atoms. The third-order valence-corrected chi connectivity index (χ3v) is 5.65. The summed E-state index contributed by atoms with van der Waals surface area (Å²) in [6.07, 6.45) is 0. The molecule has 1 saturated heterocycles. The van der Waals surface area contributed by atoms with Crippen molar-refractivity contribution in [2.75, 3.05) is 17.6 Å². The third-order valence-electron chi connectivity index (χ3n) is 4.39. The van der Waals surface area contributed by atoms with Crippen LogP contribution in [0.2, 0.25) is 0 Å². The molecule has 1 unspecified atom stereocenters. The predicted octanol–water partition coefficient (Wildman–Crippen LogP) is 5.90. The quantitative estimate of drug-likeness (QED) is 0.599. The Balaban J connectivity index is 1.51. The Bertz CT molecular complexity index is 968. The van der Waals surface area contributed by atoms with Gasteiger partial charge in [-0.2, -0.15) is 0 Å². The van der Waals surface area contributed by atoms with Crippen molar-refractivity contribution in [3.63, 3.8) is 0 Å². The van der Waals surface area contributed by atoms with Crippen LogP contribution in [0.4, 0.5) is 14.9 Å². The van der Waals surface area contributed by atoms with Crippen LogP contribution in [0.15, 0.2) is 78.9 Å². The van der Waals surface area contributed by atoms with Crippen molar-refractivity contribution in [1.29, 1.82) is 0 Å². The van der Waals surface area contributed by atoms with Gasteiger partial charge in [0.15, 0.2) is 0 Å². The van der Waals surface area contributed by atoms with Gasteiger partial charge in [0.25, 0.3) is 0 Å². The summed E-state index contributed by atoms with van der Waals surface area (Å²) in [7, 11) is 0. The number of nitrogens with one attached hydrogen (secondary N) is 1. The lowest BCUT2D eigenvalue weighted by Crippen LogP contribution is -2.34. The maximum absolute atomic E-state index is 13.9. The molecule has 0 saturated carbocycles. The summed E-state index contributed by atoms with van der Waals surface area (Å²) in [5.41, 5.74) is 1.16. The molecule has 4 rings (SSSR count). The number of rotatable bonds is 4. The number of carbonyl (C=O) groups is 1. The molecule has 1 heterocycles. The first-order valence-corrected chi connectivity index (χ1v) is 10.0. The SMILES string of the molecule is O=C(Nc1ccccc1F)N1CCSC1c1cccc(Oc2ccccc2)c1. The fourth-order valence-corrected chi connectivity index (χ4v) is 4.31. The van der Waals surface area contributed by atoms with Gasteiger partial charge >= 0.3 is 6.03 Å². The molecule has 0 aliphatic carbocycles. The average Bonchev–Trinajstić information content (AvgIpc) is 3.21. The number of anilines is 1. The maximum Gasteiger partial charge on any atom is 0.323 e. The van der Waals surface area contributed by atoms with Gasteiger partial charge < -0.3 is 15.0 Å². The summed E-state index contributed by atoms with van der Waals surface area (Å²) < 4.78 is 19.8. The second kappa shape index (κ2) is 8.35. The fraction of sp³-hybridized carbons (Fsp3) is 0.136. The Morgan fingerprint density at radius 1 is 1.00 bits per heavy atom. The topological polar surface area (TPSA) is 41.6 Å². The van der Waals surface area contributed by atoms with Gasteiger partial charge in [0.05, 0.1) is 5.69 Å². The molecule has 4 nitrogen and oxygen atoms in total. The molecule has 3 aromatic carbocycles. The van der Waals surface area contributed by atoms with E-state index in [2.05, 4.69) is 5.32 Å². The molecule has 0 spiro atoms. The van der Waals surface area contributed by atoms with Crippen LogP contribution in [-0.4, -0.2) is 23.2 Å². The first-order chi connectivity index (χ1) is 13.7. The number of para-hydroxylation sites is 2. The predicted molar refractivity (Wildman–Crippen MR) is 110 cm³/mol. The van der Waals surface area contributed by atoms with Crippen LogP contribution in [0.5, 0.6) is 11.5 Å². The van der Waals surface area contributed by atoms with Crippen LogP contribution < -0.4 is 10.1 Å². The van der Waals surface area contributed by atoms with Crippen LogP contribution in [0, 0.1) is 5.82 Å². The minimum atomic E-state index is -0.447. The van der Waals surface area contributed by atoms with E-state index in [1.54, 1.807) is 34.9 Å². The Kier molecular flexibility index (Phi) is 5.48. The minimum absolute atomic E-state index is 0.147. The number of nitrogens with zero attached hydrogens (tertiary/aromatic N) is 1. The van der Waals surface area contributed by atoms with Crippen LogP contribution >= 0.6 is 11.8 Å². The lowest BCUT2D eigenvalue weighted by Gasteiger charge is -2.25. The minimum Gasteiger partial charge on any atom is -0.457 e. The zero-order valence-electron chi connectivity index (χ0n) is 15.0. The van der Waals surface area contributed by atoms with Gasteiger partial charge in [-0.1, -0.05) is 42.5 Å². The molecular formula is C22H19FN2O2S. The smallest absolute Gasteiger partial charge is 0.323 e. The van der Waals surface area contributed by atoms with Crippen molar-refractivity contribution in [2.45, 2.75) is 5.37 Å². The monoisotopic (exact) mass is 394 g/mol. The highest BCUT2D eigenvalue weighted by Crippen LogP contribution is 2.39. The lowest BCUT2D eigenvalue weighted by atomic mass is 10.2. The molecule has 1 aliphatic rings. The number of thioether (sulfide) groups is 1. The molecule has 0 bridgehead atoms. The van der Waals surface area contributed by atoms with E-state index in [-0.39, 0.29) is 17.1 Å². The molecule has 2 amide bonds. The van der Waals surface area contributed by atoms with E-state index in [9.17, 15) is 9.18 Å². The second-order valence-electron chi connectivity index (χ2n) is 6.31. The van der Waals surface area contributed by atoms with Gasteiger partial charge in [0.1, 0.15) is 22.7 Å². The Morgan fingerprint density at radius 3 is 2.57 bits per heavy atom. The van der Waals surface area contributed by atoms with E-state index in [4.69, 9.17) is 4.74 Å². The first kappa shape index (κ1) is 18.4. The molecule has 0 aromatic heterocycles.